The summed E-state index contributed by atoms with van der Waals surface area (Å²) in [4.78, 5) is 12.9. The summed E-state index contributed by atoms with van der Waals surface area (Å²) in [6, 6.07) is 17.9. The first-order valence-electron chi connectivity index (χ1n) is 9.21. The zero-order valence-corrected chi connectivity index (χ0v) is 17.7. The molecule has 2 aromatic heterocycles. The molecule has 0 atom stereocenters. The Balaban J connectivity index is 1.51. The minimum absolute atomic E-state index is 0.189. The van der Waals surface area contributed by atoms with E-state index in [1.165, 1.54) is 0 Å². The van der Waals surface area contributed by atoms with Gasteiger partial charge in [-0.15, -0.1) is 0 Å². The van der Waals surface area contributed by atoms with Gasteiger partial charge in [0.05, 0.1) is 41.1 Å². The van der Waals surface area contributed by atoms with Gasteiger partial charge in [-0.05, 0) is 43.7 Å². The monoisotopic (exact) mass is 449 g/mol. The molecule has 4 rings (SSSR count). The Labute approximate surface area is 177 Å². The van der Waals surface area contributed by atoms with Crippen LogP contribution in [-0.4, -0.2) is 25.5 Å². The van der Waals surface area contributed by atoms with Crippen molar-refractivity contribution >= 4 is 27.5 Å². The van der Waals surface area contributed by atoms with Gasteiger partial charge in [0.2, 0.25) is 0 Å². The van der Waals surface area contributed by atoms with E-state index in [9.17, 15) is 4.79 Å². The van der Waals surface area contributed by atoms with Crippen molar-refractivity contribution in [2.75, 3.05) is 5.32 Å². The van der Waals surface area contributed by atoms with Gasteiger partial charge in [0.1, 0.15) is 0 Å². The molecule has 0 unspecified atom stereocenters. The summed E-state index contributed by atoms with van der Waals surface area (Å²) in [5.41, 5.74) is 4.77. The number of hydrogen-bond donors (Lipinski definition) is 1. The topological polar surface area (TPSA) is 64.7 Å². The number of anilines is 1. The third-order valence-corrected chi connectivity index (χ3v) is 5.20. The Morgan fingerprint density at radius 2 is 1.79 bits per heavy atom. The highest BCUT2D eigenvalue weighted by molar-refractivity contribution is 9.10. The summed E-state index contributed by atoms with van der Waals surface area (Å²) in [6.07, 6.45) is 3.48. The lowest BCUT2D eigenvalue weighted by Gasteiger charge is -2.05. The van der Waals surface area contributed by atoms with E-state index in [2.05, 4.69) is 31.4 Å². The predicted molar refractivity (Wildman–Crippen MR) is 116 cm³/mol. The van der Waals surface area contributed by atoms with Crippen molar-refractivity contribution in [3.05, 3.63) is 94.0 Å². The van der Waals surface area contributed by atoms with Crippen molar-refractivity contribution in [1.29, 1.82) is 0 Å². The average molecular weight is 450 g/mol. The van der Waals surface area contributed by atoms with Crippen LogP contribution in [0.2, 0.25) is 0 Å². The molecule has 6 nitrogen and oxygen atoms in total. The molecule has 0 bridgehead atoms. The molecule has 146 valence electrons. The van der Waals surface area contributed by atoms with Gasteiger partial charge in [-0.1, -0.05) is 46.3 Å². The Morgan fingerprint density at radius 1 is 1.07 bits per heavy atom. The quantitative estimate of drug-likeness (QED) is 0.478. The largest absolute Gasteiger partial charge is 0.319 e. The first-order valence-corrected chi connectivity index (χ1v) is 10.0. The van der Waals surface area contributed by atoms with Crippen molar-refractivity contribution in [3.8, 4) is 5.69 Å². The van der Waals surface area contributed by atoms with Crippen LogP contribution >= 0.6 is 15.9 Å². The summed E-state index contributed by atoms with van der Waals surface area (Å²) in [6.45, 7) is 4.38. The predicted octanol–water partition coefficient (Wildman–Crippen LogP) is 4.75. The highest BCUT2D eigenvalue weighted by atomic mass is 79.9. The van der Waals surface area contributed by atoms with E-state index in [1.807, 2.05) is 74.6 Å². The number of aryl methyl sites for hydroxylation is 1. The first kappa shape index (κ1) is 19.1. The van der Waals surface area contributed by atoms with Crippen LogP contribution in [0.15, 0.2) is 71.5 Å². The number of carbonyl (C=O) groups excluding carboxylic acids is 1. The molecule has 0 saturated heterocycles. The highest BCUT2D eigenvalue weighted by Gasteiger charge is 2.20. The van der Waals surface area contributed by atoms with Crippen LogP contribution in [0.1, 0.15) is 27.3 Å². The maximum atomic E-state index is 12.9. The van der Waals surface area contributed by atoms with E-state index in [0.717, 1.165) is 21.4 Å². The van der Waals surface area contributed by atoms with E-state index in [0.29, 0.717) is 23.5 Å². The fourth-order valence-corrected chi connectivity index (χ4v) is 3.54. The summed E-state index contributed by atoms with van der Waals surface area (Å²) in [5, 5.41) is 11.8. The summed E-state index contributed by atoms with van der Waals surface area (Å²) in [5.74, 6) is -0.189. The van der Waals surface area contributed by atoms with Crippen LogP contribution in [0.3, 0.4) is 0 Å². The number of para-hydroxylation sites is 1. The van der Waals surface area contributed by atoms with Gasteiger partial charge in [-0.3, -0.25) is 9.48 Å². The Bertz CT molecular complexity index is 1150. The van der Waals surface area contributed by atoms with Crippen LogP contribution in [-0.2, 0) is 6.54 Å². The maximum Gasteiger partial charge on any atom is 0.259 e. The Morgan fingerprint density at radius 3 is 2.52 bits per heavy atom. The molecule has 0 radical (unpaired) electrons. The van der Waals surface area contributed by atoms with Crippen molar-refractivity contribution in [3.63, 3.8) is 0 Å². The second kappa shape index (κ2) is 8.05. The molecule has 0 saturated carbocycles. The second-order valence-electron chi connectivity index (χ2n) is 6.80. The maximum absolute atomic E-state index is 12.9. The molecule has 2 heterocycles. The summed E-state index contributed by atoms with van der Waals surface area (Å²) >= 11 is 3.44. The van der Waals surface area contributed by atoms with E-state index in [1.54, 1.807) is 15.6 Å². The molecule has 7 heteroatoms. The molecule has 4 aromatic rings. The Hall–Kier alpha value is -3.19. The molecule has 1 N–H and O–H groups in total. The normalized spacial score (nSPS) is 10.9. The number of aromatic nitrogens is 4. The SMILES string of the molecule is Cc1nn(-c2ccccc2)c(C)c1C(=O)Nc1cnn(Cc2ccc(Br)cc2)c1. The van der Waals surface area contributed by atoms with E-state index >= 15 is 0 Å². The third-order valence-electron chi connectivity index (χ3n) is 4.67. The lowest BCUT2D eigenvalue weighted by atomic mass is 10.2. The molecule has 0 aliphatic heterocycles. The van der Waals surface area contributed by atoms with E-state index in [-0.39, 0.29) is 5.91 Å². The minimum atomic E-state index is -0.189. The lowest BCUT2D eigenvalue weighted by molar-refractivity contribution is 0.102. The number of nitrogens with zero attached hydrogens (tertiary/aromatic N) is 4. The van der Waals surface area contributed by atoms with Crippen molar-refractivity contribution in [1.82, 2.24) is 19.6 Å². The molecule has 2 aromatic carbocycles. The van der Waals surface area contributed by atoms with Gasteiger partial charge in [0.15, 0.2) is 0 Å². The molecule has 29 heavy (non-hydrogen) atoms. The number of rotatable bonds is 5. The van der Waals surface area contributed by atoms with Gasteiger partial charge < -0.3 is 5.32 Å². The molecule has 0 fully saturated rings. The van der Waals surface area contributed by atoms with Gasteiger partial charge in [-0.2, -0.15) is 10.2 Å². The fraction of sp³-hybridized carbons (Fsp3) is 0.136. The van der Waals surface area contributed by atoms with Crippen molar-refractivity contribution in [2.45, 2.75) is 20.4 Å². The number of nitrogens with one attached hydrogen (secondary N) is 1. The molecular formula is C22H20BrN5O. The minimum Gasteiger partial charge on any atom is -0.319 e. The number of benzene rings is 2. The highest BCUT2D eigenvalue weighted by Crippen LogP contribution is 2.20. The molecule has 0 aliphatic rings. The zero-order chi connectivity index (χ0) is 20.4. The average Bonchev–Trinajstić information content (AvgIpc) is 3.27. The zero-order valence-electron chi connectivity index (χ0n) is 16.1. The van der Waals surface area contributed by atoms with E-state index in [4.69, 9.17) is 0 Å². The van der Waals surface area contributed by atoms with Crippen LogP contribution in [0.4, 0.5) is 5.69 Å². The summed E-state index contributed by atoms with van der Waals surface area (Å²) in [7, 11) is 0. The number of amides is 1. The van der Waals surface area contributed by atoms with Gasteiger partial charge in [0, 0.05) is 10.7 Å². The molecule has 1 amide bonds. The lowest BCUT2D eigenvalue weighted by Crippen LogP contribution is -2.13. The van der Waals surface area contributed by atoms with Gasteiger partial charge in [0.25, 0.3) is 5.91 Å². The fourth-order valence-electron chi connectivity index (χ4n) is 3.28. The molecule has 0 spiro atoms. The Kier molecular flexibility index (Phi) is 5.31. The van der Waals surface area contributed by atoms with Gasteiger partial charge in [-0.25, -0.2) is 4.68 Å². The summed E-state index contributed by atoms with van der Waals surface area (Å²) < 4.78 is 4.63. The van der Waals surface area contributed by atoms with Gasteiger partial charge >= 0.3 is 0 Å². The van der Waals surface area contributed by atoms with Crippen molar-refractivity contribution in [2.24, 2.45) is 0 Å². The number of hydrogen-bond acceptors (Lipinski definition) is 3. The third kappa shape index (κ3) is 4.14. The van der Waals surface area contributed by atoms with E-state index < -0.39 is 0 Å². The molecule has 0 aliphatic carbocycles. The molecular weight excluding hydrogens is 430 g/mol. The number of halogens is 1. The van der Waals surface area contributed by atoms with Crippen LogP contribution < -0.4 is 5.32 Å². The first-order chi connectivity index (χ1) is 14.0. The standard InChI is InChI=1S/C22H20BrN5O/c1-15-21(16(2)28(26-15)20-6-4-3-5-7-20)22(29)25-19-12-24-27(14-19)13-17-8-10-18(23)11-9-17/h3-12,14H,13H2,1-2H3,(H,25,29). The second-order valence-corrected chi connectivity index (χ2v) is 7.72. The van der Waals surface area contributed by atoms with Crippen LogP contribution in [0.5, 0.6) is 0 Å². The number of carbonyl (C=O) groups is 1. The van der Waals surface area contributed by atoms with Crippen LogP contribution in [0, 0.1) is 13.8 Å². The van der Waals surface area contributed by atoms with Crippen molar-refractivity contribution < 1.29 is 4.79 Å². The smallest absolute Gasteiger partial charge is 0.259 e. The van der Waals surface area contributed by atoms with Crippen LogP contribution in [0.25, 0.3) is 5.69 Å².